The number of aryl methyl sites for hydroxylation is 1. The van der Waals surface area contributed by atoms with Crippen LogP contribution < -0.4 is 15.4 Å². The second-order valence-electron chi connectivity index (χ2n) is 10.4. The Bertz CT molecular complexity index is 1550. The van der Waals surface area contributed by atoms with Crippen molar-refractivity contribution in [3.8, 4) is 11.5 Å². The maximum Gasteiger partial charge on any atom is 0.269 e. The molecule has 41 heavy (non-hydrogen) atoms. The van der Waals surface area contributed by atoms with Crippen LogP contribution in [0.25, 0.3) is 11.0 Å². The van der Waals surface area contributed by atoms with Gasteiger partial charge in [0.1, 0.15) is 17.2 Å². The SMILES string of the molecule is CNC(=O)c1cc(Oc2ccc3c(c2)nc(Nc2ccc(C(=O)N4CC(CN(C)C)OCC4C)cc2)n3C)ccn1. The molecule has 2 amide bonds. The number of aromatic nitrogens is 3. The minimum atomic E-state index is -0.284. The number of nitrogens with zero attached hydrogens (tertiary/aromatic N) is 5. The minimum absolute atomic E-state index is 0.000661. The number of ether oxygens (including phenoxy) is 2. The highest BCUT2D eigenvalue weighted by Crippen LogP contribution is 2.28. The van der Waals surface area contributed by atoms with Crippen molar-refractivity contribution in [3.63, 3.8) is 0 Å². The zero-order valence-corrected chi connectivity index (χ0v) is 23.9. The first-order valence-corrected chi connectivity index (χ1v) is 13.5. The maximum absolute atomic E-state index is 13.3. The lowest BCUT2D eigenvalue weighted by molar-refractivity contribution is -0.0546. The highest BCUT2D eigenvalue weighted by molar-refractivity contribution is 5.95. The molecule has 0 radical (unpaired) electrons. The molecule has 2 unspecified atom stereocenters. The van der Waals surface area contributed by atoms with Gasteiger partial charge in [-0.25, -0.2) is 4.98 Å². The summed E-state index contributed by atoms with van der Waals surface area (Å²) >= 11 is 0. The van der Waals surface area contributed by atoms with Gasteiger partial charge in [0.05, 0.1) is 29.8 Å². The van der Waals surface area contributed by atoms with Gasteiger partial charge in [0.15, 0.2) is 0 Å². The molecule has 1 aliphatic rings. The van der Waals surface area contributed by atoms with Crippen LogP contribution in [-0.2, 0) is 11.8 Å². The Morgan fingerprint density at radius 1 is 1.10 bits per heavy atom. The molecule has 0 bridgehead atoms. The summed E-state index contributed by atoms with van der Waals surface area (Å²) < 4.78 is 13.8. The second-order valence-corrected chi connectivity index (χ2v) is 10.4. The lowest BCUT2D eigenvalue weighted by Gasteiger charge is -2.39. The number of hydrogen-bond acceptors (Lipinski definition) is 8. The summed E-state index contributed by atoms with van der Waals surface area (Å²) in [5.41, 5.74) is 3.39. The van der Waals surface area contributed by atoms with E-state index in [-0.39, 0.29) is 29.7 Å². The molecule has 2 N–H and O–H groups in total. The quantitative estimate of drug-likeness (QED) is 0.338. The van der Waals surface area contributed by atoms with Gasteiger partial charge in [0, 0.05) is 56.8 Å². The fourth-order valence-corrected chi connectivity index (χ4v) is 4.83. The summed E-state index contributed by atoms with van der Waals surface area (Å²) in [5, 5.41) is 5.90. The number of pyridine rings is 1. The Morgan fingerprint density at radius 2 is 1.85 bits per heavy atom. The number of rotatable bonds is 8. The van der Waals surface area contributed by atoms with Crippen molar-refractivity contribution in [2.75, 3.05) is 46.2 Å². The Balaban J connectivity index is 1.28. The molecule has 1 aliphatic heterocycles. The Hall–Kier alpha value is -4.48. The van der Waals surface area contributed by atoms with Gasteiger partial charge in [-0.1, -0.05) is 0 Å². The number of carbonyl (C=O) groups excluding carboxylic acids is 2. The molecule has 2 aromatic carbocycles. The predicted molar refractivity (Wildman–Crippen MR) is 157 cm³/mol. The van der Waals surface area contributed by atoms with Crippen LogP contribution in [0.2, 0.25) is 0 Å². The number of likely N-dealkylation sites (N-methyl/N-ethyl adjacent to an activating group) is 1. The number of carbonyl (C=O) groups is 2. The van der Waals surface area contributed by atoms with Crippen LogP contribution in [0.3, 0.4) is 0 Å². The number of anilines is 2. The third-order valence-corrected chi connectivity index (χ3v) is 7.00. The van der Waals surface area contributed by atoms with Crippen LogP contribution in [-0.4, -0.2) is 89.1 Å². The van der Waals surface area contributed by atoms with Gasteiger partial charge in [-0.15, -0.1) is 0 Å². The van der Waals surface area contributed by atoms with Gasteiger partial charge in [-0.05, 0) is 63.5 Å². The van der Waals surface area contributed by atoms with E-state index < -0.39 is 0 Å². The van der Waals surface area contributed by atoms with Gasteiger partial charge in [-0.2, -0.15) is 0 Å². The molecule has 0 spiro atoms. The molecule has 1 saturated heterocycles. The van der Waals surface area contributed by atoms with Crippen molar-refractivity contribution < 1.29 is 19.1 Å². The number of benzene rings is 2. The number of morpholine rings is 1. The van der Waals surface area contributed by atoms with E-state index in [4.69, 9.17) is 14.5 Å². The molecule has 2 atom stereocenters. The molecule has 3 heterocycles. The van der Waals surface area contributed by atoms with Gasteiger partial charge in [0.2, 0.25) is 5.95 Å². The fourth-order valence-electron chi connectivity index (χ4n) is 4.83. The Morgan fingerprint density at radius 3 is 2.59 bits per heavy atom. The second kappa shape index (κ2) is 11.9. The highest BCUT2D eigenvalue weighted by Gasteiger charge is 2.30. The van der Waals surface area contributed by atoms with Crippen LogP contribution in [0.5, 0.6) is 11.5 Å². The third-order valence-electron chi connectivity index (χ3n) is 7.00. The van der Waals surface area contributed by atoms with E-state index in [1.165, 1.54) is 6.20 Å². The maximum atomic E-state index is 13.3. The van der Waals surface area contributed by atoms with E-state index in [2.05, 4.69) is 20.5 Å². The third kappa shape index (κ3) is 6.31. The summed E-state index contributed by atoms with van der Waals surface area (Å²) in [6, 6.07) is 16.4. The average molecular weight is 558 g/mol. The topological polar surface area (TPSA) is 114 Å². The van der Waals surface area contributed by atoms with Gasteiger partial charge >= 0.3 is 0 Å². The molecule has 1 fully saturated rings. The van der Waals surface area contributed by atoms with Gasteiger partial charge in [-0.3, -0.25) is 14.6 Å². The van der Waals surface area contributed by atoms with Crippen LogP contribution in [0, 0.1) is 0 Å². The van der Waals surface area contributed by atoms with E-state index in [1.807, 2.05) is 80.0 Å². The van der Waals surface area contributed by atoms with E-state index >= 15 is 0 Å². The Kier molecular flexibility index (Phi) is 8.18. The van der Waals surface area contributed by atoms with Gasteiger partial charge in [0.25, 0.3) is 11.8 Å². The number of imidazole rings is 1. The molecule has 5 rings (SSSR count). The number of fused-ring (bicyclic) bond motifs is 1. The number of nitrogens with one attached hydrogen (secondary N) is 2. The summed E-state index contributed by atoms with van der Waals surface area (Å²) in [5.74, 6) is 1.46. The first-order valence-electron chi connectivity index (χ1n) is 13.5. The highest BCUT2D eigenvalue weighted by atomic mass is 16.5. The largest absolute Gasteiger partial charge is 0.457 e. The molecule has 0 aliphatic carbocycles. The zero-order chi connectivity index (χ0) is 29.1. The molecular weight excluding hydrogens is 522 g/mol. The average Bonchev–Trinajstić information content (AvgIpc) is 3.27. The minimum Gasteiger partial charge on any atom is -0.457 e. The standard InChI is InChI=1S/C30H35N7O4/c1-19-18-40-24(16-35(3)4)17-37(19)29(39)20-6-8-21(9-7-20)33-30-34-25-14-22(10-11-27(25)36(30)5)41-23-12-13-32-26(15-23)28(38)31-2/h6-15,19,24H,16-18H2,1-5H3,(H,31,38)(H,33,34). The predicted octanol–water partition coefficient (Wildman–Crippen LogP) is 3.65. The molecular formula is C30H35N7O4. The first-order chi connectivity index (χ1) is 19.7. The lowest BCUT2D eigenvalue weighted by Crippen LogP contribution is -2.53. The van der Waals surface area contributed by atoms with E-state index in [0.717, 1.165) is 23.3 Å². The van der Waals surface area contributed by atoms with Crippen molar-refractivity contribution in [2.24, 2.45) is 7.05 Å². The monoisotopic (exact) mass is 557 g/mol. The number of amides is 2. The zero-order valence-electron chi connectivity index (χ0n) is 23.9. The summed E-state index contributed by atoms with van der Waals surface area (Å²) in [6.45, 7) is 3.89. The van der Waals surface area contributed by atoms with E-state index in [9.17, 15) is 9.59 Å². The van der Waals surface area contributed by atoms with Crippen molar-refractivity contribution in [3.05, 3.63) is 72.1 Å². The smallest absolute Gasteiger partial charge is 0.269 e. The summed E-state index contributed by atoms with van der Waals surface area (Å²) in [6.07, 6.45) is 1.53. The lowest BCUT2D eigenvalue weighted by atomic mass is 10.1. The molecule has 11 nitrogen and oxygen atoms in total. The van der Waals surface area contributed by atoms with Crippen LogP contribution in [0.1, 0.15) is 27.8 Å². The van der Waals surface area contributed by atoms with Crippen molar-refractivity contribution in [1.82, 2.24) is 29.7 Å². The van der Waals surface area contributed by atoms with Crippen molar-refractivity contribution >= 4 is 34.5 Å². The molecule has 2 aromatic heterocycles. The van der Waals surface area contributed by atoms with Crippen LogP contribution >= 0.6 is 0 Å². The molecule has 11 heteroatoms. The van der Waals surface area contributed by atoms with Crippen molar-refractivity contribution in [1.29, 1.82) is 0 Å². The Labute approximate surface area is 239 Å². The van der Waals surface area contributed by atoms with Crippen molar-refractivity contribution in [2.45, 2.75) is 19.1 Å². The number of hydrogen-bond donors (Lipinski definition) is 2. The first kappa shape index (κ1) is 28.1. The van der Waals surface area contributed by atoms with E-state index in [0.29, 0.717) is 36.2 Å². The molecule has 214 valence electrons. The molecule has 4 aromatic rings. The summed E-state index contributed by atoms with van der Waals surface area (Å²) in [7, 11) is 7.49. The summed E-state index contributed by atoms with van der Waals surface area (Å²) in [4.78, 5) is 38.0. The van der Waals surface area contributed by atoms with E-state index in [1.54, 1.807) is 19.2 Å². The fraction of sp³-hybridized carbons (Fsp3) is 0.333. The van der Waals surface area contributed by atoms with Gasteiger partial charge < -0.3 is 34.5 Å². The normalized spacial score (nSPS) is 17.1. The van der Waals surface area contributed by atoms with Crippen LogP contribution in [0.4, 0.5) is 11.6 Å². The van der Waals surface area contributed by atoms with Crippen LogP contribution in [0.15, 0.2) is 60.8 Å². The molecule has 0 saturated carbocycles.